The molecule has 0 aliphatic carbocycles. The zero-order chi connectivity index (χ0) is 21.9. The van der Waals surface area contributed by atoms with Gasteiger partial charge in [0.25, 0.3) is 5.91 Å². The van der Waals surface area contributed by atoms with Crippen LogP contribution in [0.15, 0.2) is 48.5 Å². The molecule has 0 unspecified atom stereocenters. The molecular formula is C23H28ClIN2O3. The molecule has 162 valence electrons. The molecule has 0 spiro atoms. The highest BCUT2D eigenvalue weighted by Gasteiger charge is 2.28. The first-order chi connectivity index (χ1) is 14.4. The van der Waals surface area contributed by atoms with Crippen molar-refractivity contribution in [2.45, 2.75) is 45.7 Å². The maximum absolute atomic E-state index is 13.1. The van der Waals surface area contributed by atoms with Crippen LogP contribution in [0.1, 0.15) is 38.7 Å². The number of hydrogen-bond acceptors (Lipinski definition) is 3. The third kappa shape index (κ3) is 7.80. The van der Waals surface area contributed by atoms with E-state index in [0.717, 1.165) is 22.0 Å². The number of nitrogens with zero attached hydrogens (tertiary/aromatic N) is 1. The fourth-order valence-electron chi connectivity index (χ4n) is 2.97. The van der Waals surface area contributed by atoms with Crippen LogP contribution in [-0.2, 0) is 16.1 Å². The second-order valence-electron chi connectivity index (χ2n) is 6.96. The fraction of sp³-hybridized carbons (Fsp3) is 0.391. The Bertz CT molecular complexity index is 812. The number of hydrogen-bond donors (Lipinski definition) is 1. The number of ether oxygens (including phenoxy) is 1. The second kappa shape index (κ2) is 12.8. The van der Waals surface area contributed by atoms with Crippen LogP contribution >= 0.6 is 34.2 Å². The predicted octanol–water partition coefficient (Wildman–Crippen LogP) is 5.05. The molecule has 5 nitrogen and oxygen atoms in total. The summed E-state index contributed by atoms with van der Waals surface area (Å²) in [6.07, 6.45) is 2.42. The molecule has 0 aliphatic rings. The van der Waals surface area contributed by atoms with Crippen LogP contribution in [0.4, 0.5) is 0 Å². The molecule has 0 fully saturated rings. The van der Waals surface area contributed by atoms with E-state index in [1.54, 1.807) is 17.0 Å². The Hall–Kier alpha value is -1.80. The second-order valence-corrected chi connectivity index (χ2v) is 8.64. The van der Waals surface area contributed by atoms with E-state index in [9.17, 15) is 9.59 Å². The summed E-state index contributed by atoms with van der Waals surface area (Å²) in [5.74, 6) is 0.249. The highest BCUT2D eigenvalue weighted by Crippen LogP contribution is 2.17. The van der Waals surface area contributed by atoms with Crippen molar-refractivity contribution in [2.75, 3.05) is 13.2 Å². The van der Waals surface area contributed by atoms with Crippen molar-refractivity contribution in [1.82, 2.24) is 10.2 Å². The maximum Gasteiger partial charge on any atom is 0.261 e. The van der Waals surface area contributed by atoms with Gasteiger partial charge in [0.2, 0.25) is 5.91 Å². The van der Waals surface area contributed by atoms with Crippen LogP contribution in [0.3, 0.4) is 0 Å². The first-order valence-electron chi connectivity index (χ1n) is 10.1. The molecule has 1 N–H and O–H groups in total. The van der Waals surface area contributed by atoms with Gasteiger partial charge >= 0.3 is 0 Å². The summed E-state index contributed by atoms with van der Waals surface area (Å²) < 4.78 is 6.77. The lowest BCUT2D eigenvalue weighted by molar-refractivity contribution is -0.143. The van der Waals surface area contributed by atoms with Crippen LogP contribution in [0.5, 0.6) is 5.75 Å². The maximum atomic E-state index is 13.1. The van der Waals surface area contributed by atoms with Crippen molar-refractivity contribution < 1.29 is 14.3 Å². The van der Waals surface area contributed by atoms with Crippen molar-refractivity contribution in [3.63, 3.8) is 0 Å². The first-order valence-corrected chi connectivity index (χ1v) is 11.6. The molecule has 7 heteroatoms. The molecule has 0 bridgehead atoms. The van der Waals surface area contributed by atoms with E-state index in [0.29, 0.717) is 30.3 Å². The van der Waals surface area contributed by atoms with Crippen LogP contribution in [0.25, 0.3) is 0 Å². The lowest BCUT2D eigenvalue weighted by atomic mass is 10.1. The van der Waals surface area contributed by atoms with Gasteiger partial charge < -0.3 is 15.0 Å². The van der Waals surface area contributed by atoms with Gasteiger partial charge in [-0.3, -0.25) is 9.59 Å². The van der Waals surface area contributed by atoms with E-state index >= 15 is 0 Å². The topological polar surface area (TPSA) is 58.6 Å². The Morgan fingerprint density at radius 1 is 1.10 bits per heavy atom. The third-order valence-electron chi connectivity index (χ3n) is 4.66. The van der Waals surface area contributed by atoms with Gasteiger partial charge in [0.05, 0.1) is 0 Å². The third-order valence-corrected chi connectivity index (χ3v) is 5.63. The Morgan fingerprint density at radius 3 is 2.37 bits per heavy atom. The summed E-state index contributed by atoms with van der Waals surface area (Å²) in [6, 6.07) is 14.2. The molecule has 0 radical (unpaired) electrons. The highest BCUT2D eigenvalue weighted by molar-refractivity contribution is 14.1. The van der Waals surface area contributed by atoms with Gasteiger partial charge in [0, 0.05) is 21.7 Å². The van der Waals surface area contributed by atoms with Gasteiger partial charge in [-0.2, -0.15) is 0 Å². The molecule has 2 aromatic carbocycles. The molecule has 0 aromatic heterocycles. The van der Waals surface area contributed by atoms with Gasteiger partial charge in [0.15, 0.2) is 6.61 Å². The Morgan fingerprint density at radius 2 is 1.77 bits per heavy atom. The van der Waals surface area contributed by atoms with Crippen molar-refractivity contribution in [1.29, 1.82) is 0 Å². The summed E-state index contributed by atoms with van der Waals surface area (Å²) in [5.41, 5.74) is 0.904. The molecule has 0 saturated heterocycles. The predicted molar refractivity (Wildman–Crippen MR) is 129 cm³/mol. The summed E-state index contributed by atoms with van der Waals surface area (Å²) >= 11 is 8.20. The number of halogens is 2. The number of carbonyl (C=O) groups is 2. The number of nitrogens with one attached hydrogen (secondary N) is 1. The minimum absolute atomic E-state index is 0.132. The summed E-state index contributed by atoms with van der Waals surface area (Å²) in [5, 5.41) is 3.58. The van der Waals surface area contributed by atoms with E-state index in [1.807, 2.05) is 43.3 Å². The molecule has 0 heterocycles. The highest BCUT2D eigenvalue weighted by atomic mass is 127. The normalized spacial score (nSPS) is 11.6. The van der Waals surface area contributed by atoms with Gasteiger partial charge in [-0.05, 0) is 77.4 Å². The summed E-state index contributed by atoms with van der Waals surface area (Å²) in [7, 11) is 0. The zero-order valence-corrected chi connectivity index (χ0v) is 20.3. The lowest BCUT2D eigenvalue weighted by Gasteiger charge is -2.30. The van der Waals surface area contributed by atoms with Gasteiger partial charge in [0.1, 0.15) is 11.8 Å². The molecule has 2 rings (SSSR count). The van der Waals surface area contributed by atoms with Gasteiger partial charge in [-0.1, -0.05) is 44.0 Å². The number of rotatable bonds is 11. The lowest BCUT2D eigenvalue weighted by Crippen LogP contribution is -2.50. The summed E-state index contributed by atoms with van der Waals surface area (Å²) in [4.78, 5) is 27.5. The molecule has 2 amide bonds. The van der Waals surface area contributed by atoms with E-state index in [1.165, 1.54) is 0 Å². The van der Waals surface area contributed by atoms with Crippen molar-refractivity contribution in [2.24, 2.45) is 0 Å². The average molecular weight is 543 g/mol. The van der Waals surface area contributed by atoms with E-state index < -0.39 is 6.04 Å². The fourth-order valence-corrected chi connectivity index (χ4v) is 3.46. The molecular weight excluding hydrogens is 515 g/mol. The largest absolute Gasteiger partial charge is 0.484 e. The van der Waals surface area contributed by atoms with Crippen LogP contribution in [0, 0.1) is 3.57 Å². The minimum atomic E-state index is -0.564. The molecule has 2 aromatic rings. The van der Waals surface area contributed by atoms with E-state index in [2.05, 4.69) is 34.8 Å². The average Bonchev–Trinajstić information content (AvgIpc) is 2.74. The number of unbranched alkanes of at least 4 members (excludes halogenated alkanes) is 1. The van der Waals surface area contributed by atoms with Crippen molar-refractivity contribution in [3.05, 3.63) is 62.7 Å². The van der Waals surface area contributed by atoms with Gasteiger partial charge in [-0.25, -0.2) is 0 Å². The van der Waals surface area contributed by atoms with Crippen LogP contribution < -0.4 is 10.1 Å². The van der Waals surface area contributed by atoms with Crippen molar-refractivity contribution >= 4 is 46.0 Å². The number of benzene rings is 2. The SMILES string of the molecule is CCCCNC(=O)[C@@H](CC)N(Cc1ccc(Cl)cc1)C(=O)COc1ccc(I)cc1. The molecule has 30 heavy (non-hydrogen) atoms. The van der Waals surface area contributed by atoms with E-state index in [-0.39, 0.29) is 18.4 Å². The quantitative estimate of drug-likeness (QED) is 0.319. The van der Waals surface area contributed by atoms with E-state index in [4.69, 9.17) is 16.3 Å². The minimum Gasteiger partial charge on any atom is -0.484 e. The zero-order valence-electron chi connectivity index (χ0n) is 17.4. The summed E-state index contributed by atoms with van der Waals surface area (Å²) in [6.45, 7) is 4.76. The van der Waals surface area contributed by atoms with Crippen molar-refractivity contribution in [3.8, 4) is 5.75 Å². The Balaban J connectivity index is 2.15. The van der Waals surface area contributed by atoms with Crippen LogP contribution in [-0.4, -0.2) is 35.9 Å². The molecule has 1 atom stereocenters. The smallest absolute Gasteiger partial charge is 0.261 e. The van der Waals surface area contributed by atoms with Gasteiger partial charge in [-0.15, -0.1) is 0 Å². The first kappa shape index (κ1) is 24.5. The molecule has 0 saturated carbocycles. The number of amides is 2. The molecule has 0 aliphatic heterocycles. The monoisotopic (exact) mass is 542 g/mol. The van der Waals surface area contributed by atoms with Crippen LogP contribution in [0.2, 0.25) is 5.02 Å². The standard InChI is InChI=1S/C23H28ClIN2O3/c1-3-5-14-26-23(29)21(4-2)27(15-17-6-8-18(24)9-7-17)22(28)16-30-20-12-10-19(25)11-13-20/h6-13,21H,3-5,14-16H2,1-2H3,(H,26,29)/t21-/m1/s1. The Kier molecular flexibility index (Phi) is 10.4. The number of carbonyl (C=O) groups excluding carboxylic acids is 2. The Labute approximate surface area is 197 Å².